The van der Waals surface area contributed by atoms with E-state index in [4.69, 9.17) is 0 Å². The largest absolute Gasteiger partial charge is 0.390 e. The molecule has 5 nitrogen and oxygen atoms in total. The molecule has 2 aromatic rings. The van der Waals surface area contributed by atoms with Gasteiger partial charge in [0.2, 0.25) is 0 Å². The molecule has 0 aliphatic heterocycles. The van der Waals surface area contributed by atoms with Crippen LogP contribution < -0.4 is 0 Å². The summed E-state index contributed by atoms with van der Waals surface area (Å²) in [6.07, 6.45) is -1.60. The minimum Gasteiger partial charge on any atom is -0.390 e. The summed E-state index contributed by atoms with van der Waals surface area (Å²) in [5.41, 5.74) is 1.26. The van der Waals surface area contributed by atoms with Gasteiger partial charge in [-0.15, -0.1) is 0 Å². The maximum atomic E-state index is 10.8. The second kappa shape index (κ2) is 6.18. The fraction of sp³-hybridized carbons (Fsp3) is 0.385. The van der Waals surface area contributed by atoms with Gasteiger partial charge in [0.25, 0.3) is 0 Å². The van der Waals surface area contributed by atoms with E-state index in [1.165, 1.54) is 6.92 Å². The normalized spacial score (nSPS) is 14.5. The molecule has 2 rings (SSSR count). The number of aromatic amines is 1. The predicted molar refractivity (Wildman–Crippen MR) is 74.8 cm³/mol. The summed E-state index contributed by atoms with van der Waals surface area (Å²) < 4.78 is 0. The van der Waals surface area contributed by atoms with Crippen molar-refractivity contribution in [2.24, 2.45) is 0 Å². The van der Waals surface area contributed by atoms with Crippen LogP contribution in [0.15, 0.2) is 24.3 Å². The average molecular weight is 280 g/mol. The lowest BCUT2D eigenvalue weighted by Gasteiger charge is -2.16. The van der Waals surface area contributed by atoms with Gasteiger partial charge in [-0.1, -0.05) is 30.0 Å². The topological polar surface area (TPSA) is 86.2 Å². The van der Waals surface area contributed by atoms with Crippen LogP contribution in [0.2, 0.25) is 0 Å². The highest BCUT2D eigenvalue weighted by Crippen LogP contribution is 2.25. The third-order valence-electron chi connectivity index (χ3n) is 2.87. The molecule has 0 spiro atoms. The Morgan fingerprint density at radius 3 is 2.89 bits per heavy atom. The fourth-order valence-electron chi connectivity index (χ4n) is 1.88. The van der Waals surface area contributed by atoms with E-state index in [-0.39, 0.29) is 5.12 Å². The molecular formula is C13H16N2O3S. The molecule has 0 aliphatic carbocycles. The Morgan fingerprint density at radius 1 is 1.42 bits per heavy atom. The molecule has 0 bridgehead atoms. The third kappa shape index (κ3) is 3.34. The number of nitrogens with zero attached hydrogens (tertiary/aromatic N) is 1. The molecule has 0 fully saturated rings. The van der Waals surface area contributed by atoms with Gasteiger partial charge in [0.15, 0.2) is 5.12 Å². The van der Waals surface area contributed by atoms with Crippen LogP contribution in [0.25, 0.3) is 10.9 Å². The van der Waals surface area contributed by atoms with Gasteiger partial charge in [-0.25, -0.2) is 0 Å². The zero-order valence-corrected chi connectivity index (χ0v) is 11.4. The lowest BCUT2D eigenvalue weighted by molar-refractivity contribution is -0.109. The SMILES string of the molecule is CC(=O)SCCC(O)C(O)c1[nH]nc2ccccc12. The van der Waals surface area contributed by atoms with Crippen molar-refractivity contribution in [3.05, 3.63) is 30.0 Å². The van der Waals surface area contributed by atoms with E-state index < -0.39 is 12.2 Å². The highest BCUT2D eigenvalue weighted by atomic mass is 32.2. The lowest BCUT2D eigenvalue weighted by Crippen LogP contribution is -2.19. The van der Waals surface area contributed by atoms with Gasteiger partial charge in [0.05, 0.1) is 17.3 Å². The van der Waals surface area contributed by atoms with E-state index in [1.54, 1.807) is 0 Å². The van der Waals surface area contributed by atoms with Crippen LogP contribution in [0.1, 0.15) is 25.1 Å². The van der Waals surface area contributed by atoms with E-state index >= 15 is 0 Å². The molecule has 102 valence electrons. The fourth-order valence-corrected chi connectivity index (χ4v) is 2.53. The minimum absolute atomic E-state index is 0.00804. The van der Waals surface area contributed by atoms with E-state index in [9.17, 15) is 15.0 Å². The first kappa shape index (κ1) is 14.0. The highest BCUT2D eigenvalue weighted by molar-refractivity contribution is 8.13. The van der Waals surface area contributed by atoms with Crippen molar-refractivity contribution in [2.75, 3.05) is 5.75 Å². The molecule has 2 unspecified atom stereocenters. The van der Waals surface area contributed by atoms with Crippen LogP contribution >= 0.6 is 11.8 Å². The van der Waals surface area contributed by atoms with E-state index in [1.807, 2.05) is 24.3 Å². The number of aliphatic hydroxyl groups is 2. The van der Waals surface area contributed by atoms with Gasteiger partial charge in [0, 0.05) is 18.1 Å². The van der Waals surface area contributed by atoms with Gasteiger partial charge in [-0.05, 0) is 12.5 Å². The molecule has 2 atom stereocenters. The van der Waals surface area contributed by atoms with E-state index in [0.29, 0.717) is 17.9 Å². The standard InChI is InChI=1S/C13H16N2O3S/c1-8(16)19-7-6-11(17)13(18)12-9-4-2-3-5-10(9)14-15-12/h2-5,11,13,17-18H,6-7H2,1H3,(H,14,15). The number of hydrogen-bond donors (Lipinski definition) is 3. The molecule has 1 aromatic carbocycles. The number of nitrogens with one attached hydrogen (secondary N) is 1. The molecule has 0 saturated carbocycles. The maximum absolute atomic E-state index is 10.8. The van der Waals surface area contributed by atoms with Gasteiger partial charge < -0.3 is 10.2 Å². The quantitative estimate of drug-likeness (QED) is 0.775. The van der Waals surface area contributed by atoms with Crippen LogP contribution in [-0.4, -0.2) is 37.4 Å². The monoisotopic (exact) mass is 280 g/mol. The van der Waals surface area contributed by atoms with Crippen LogP contribution in [0.3, 0.4) is 0 Å². The van der Waals surface area contributed by atoms with Gasteiger partial charge in [0.1, 0.15) is 6.10 Å². The maximum Gasteiger partial charge on any atom is 0.185 e. The number of aromatic nitrogens is 2. The highest BCUT2D eigenvalue weighted by Gasteiger charge is 2.22. The van der Waals surface area contributed by atoms with Crippen LogP contribution in [0.5, 0.6) is 0 Å². The number of benzene rings is 1. The number of para-hydroxylation sites is 1. The number of aliphatic hydroxyl groups excluding tert-OH is 2. The summed E-state index contributed by atoms with van der Waals surface area (Å²) in [7, 11) is 0. The second-order valence-electron chi connectivity index (χ2n) is 4.30. The molecule has 6 heteroatoms. The van der Waals surface area contributed by atoms with Crippen LogP contribution in [-0.2, 0) is 4.79 Å². The number of rotatable bonds is 5. The molecule has 1 heterocycles. The van der Waals surface area contributed by atoms with Gasteiger partial charge in [-0.3, -0.25) is 9.89 Å². The average Bonchev–Trinajstić information content (AvgIpc) is 2.81. The molecule has 19 heavy (non-hydrogen) atoms. The molecular weight excluding hydrogens is 264 g/mol. The first-order valence-corrected chi connectivity index (χ1v) is 7.00. The van der Waals surface area contributed by atoms with Crippen molar-refractivity contribution in [3.63, 3.8) is 0 Å². The second-order valence-corrected chi connectivity index (χ2v) is 5.57. The van der Waals surface area contributed by atoms with Crippen molar-refractivity contribution in [1.29, 1.82) is 0 Å². The lowest BCUT2D eigenvalue weighted by atomic mass is 10.1. The smallest absolute Gasteiger partial charge is 0.185 e. The number of fused-ring (bicyclic) bond motifs is 1. The summed E-state index contributed by atoms with van der Waals surface area (Å²) in [6, 6.07) is 7.39. The number of hydrogen-bond acceptors (Lipinski definition) is 5. The first-order chi connectivity index (χ1) is 9.09. The third-order valence-corrected chi connectivity index (χ3v) is 3.72. The van der Waals surface area contributed by atoms with Crippen molar-refractivity contribution >= 4 is 27.8 Å². The minimum atomic E-state index is -1.03. The van der Waals surface area contributed by atoms with E-state index in [2.05, 4.69) is 10.2 Å². The molecule has 1 aromatic heterocycles. The Balaban J connectivity index is 2.06. The summed E-state index contributed by atoms with van der Waals surface area (Å²) in [4.78, 5) is 10.8. The molecule has 3 N–H and O–H groups in total. The van der Waals surface area contributed by atoms with Crippen molar-refractivity contribution in [1.82, 2.24) is 10.2 Å². The Labute approximate surface area is 115 Å². The molecule has 0 aliphatic rings. The Kier molecular flexibility index (Phi) is 4.57. The summed E-state index contributed by atoms with van der Waals surface area (Å²) in [5.74, 6) is 0.486. The number of carbonyl (C=O) groups is 1. The summed E-state index contributed by atoms with van der Waals surface area (Å²) >= 11 is 1.14. The summed E-state index contributed by atoms with van der Waals surface area (Å²) in [5, 5.41) is 27.7. The van der Waals surface area contributed by atoms with Crippen molar-refractivity contribution in [3.8, 4) is 0 Å². The Morgan fingerprint density at radius 2 is 2.16 bits per heavy atom. The van der Waals surface area contributed by atoms with Gasteiger partial charge in [-0.2, -0.15) is 5.10 Å². The van der Waals surface area contributed by atoms with Crippen molar-refractivity contribution < 1.29 is 15.0 Å². The zero-order chi connectivity index (χ0) is 13.8. The molecule has 0 radical (unpaired) electrons. The van der Waals surface area contributed by atoms with E-state index in [0.717, 1.165) is 22.7 Å². The van der Waals surface area contributed by atoms with Crippen molar-refractivity contribution in [2.45, 2.75) is 25.6 Å². The summed E-state index contributed by atoms with van der Waals surface area (Å²) in [6.45, 7) is 1.48. The van der Waals surface area contributed by atoms with Gasteiger partial charge >= 0.3 is 0 Å². The molecule has 0 saturated heterocycles. The number of H-pyrrole nitrogens is 1. The first-order valence-electron chi connectivity index (χ1n) is 6.02. The number of thioether (sulfide) groups is 1. The van der Waals surface area contributed by atoms with Crippen LogP contribution in [0, 0.1) is 0 Å². The zero-order valence-electron chi connectivity index (χ0n) is 10.5. The Hall–Kier alpha value is -1.37. The Bertz CT molecular complexity index is 570. The number of carbonyl (C=O) groups excluding carboxylic acids is 1. The van der Waals surface area contributed by atoms with Crippen LogP contribution in [0.4, 0.5) is 0 Å². The molecule has 0 amide bonds. The predicted octanol–water partition coefficient (Wildman–Crippen LogP) is 1.63.